The van der Waals surface area contributed by atoms with E-state index in [4.69, 9.17) is 0 Å². The van der Waals surface area contributed by atoms with Crippen molar-refractivity contribution in [2.24, 2.45) is 0 Å². The van der Waals surface area contributed by atoms with Crippen molar-refractivity contribution in [1.82, 2.24) is 10.2 Å². The van der Waals surface area contributed by atoms with E-state index in [9.17, 15) is 16.8 Å². The van der Waals surface area contributed by atoms with E-state index in [1.165, 1.54) is 12.4 Å². The Hall–Kier alpha value is -1.09. The van der Waals surface area contributed by atoms with Crippen LogP contribution in [-0.2, 0) is 19.9 Å². The highest BCUT2D eigenvalue weighted by Crippen LogP contribution is 2.20. The Morgan fingerprint density at radius 3 is 2.75 bits per heavy atom. The lowest BCUT2D eigenvalue weighted by Crippen LogP contribution is -2.28. The molecule has 1 saturated heterocycles. The smallest absolute Gasteiger partial charge is 0.236 e. The maximum Gasteiger partial charge on any atom is 0.236 e. The Labute approximate surface area is 93.2 Å². The second-order valence-corrected chi connectivity index (χ2v) is 7.85. The highest BCUT2D eigenvalue weighted by Gasteiger charge is 2.37. The van der Waals surface area contributed by atoms with Gasteiger partial charge in [0.25, 0.3) is 0 Å². The number of rotatable bonds is 3. The number of aromatic nitrogens is 2. The third-order valence-electron chi connectivity index (χ3n) is 2.39. The first-order valence-corrected chi connectivity index (χ1v) is 7.97. The molecule has 2 N–H and O–H groups in total. The summed E-state index contributed by atoms with van der Waals surface area (Å²) >= 11 is 0. The number of anilines is 1. The fourth-order valence-electron chi connectivity index (χ4n) is 1.56. The van der Waals surface area contributed by atoms with Crippen molar-refractivity contribution >= 4 is 25.5 Å². The Morgan fingerprint density at radius 1 is 1.50 bits per heavy atom. The molecule has 1 unspecified atom stereocenters. The van der Waals surface area contributed by atoms with Crippen molar-refractivity contribution in [3.05, 3.63) is 12.4 Å². The Morgan fingerprint density at radius 2 is 2.25 bits per heavy atom. The molecule has 2 rings (SSSR count). The summed E-state index contributed by atoms with van der Waals surface area (Å²) in [5.74, 6) is -0.371. The number of aromatic amines is 1. The first kappa shape index (κ1) is 11.4. The van der Waals surface area contributed by atoms with Gasteiger partial charge in [-0.3, -0.25) is 9.82 Å². The molecule has 0 bridgehead atoms. The Bertz CT molecular complexity index is 561. The lowest BCUT2D eigenvalue weighted by molar-refractivity contribution is 0.587. The summed E-state index contributed by atoms with van der Waals surface area (Å²) in [5, 5.41) is 5.19. The molecular weight excluding hydrogens is 254 g/mol. The van der Waals surface area contributed by atoms with E-state index in [2.05, 4.69) is 14.9 Å². The zero-order valence-electron chi connectivity index (χ0n) is 8.25. The summed E-state index contributed by atoms with van der Waals surface area (Å²) in [6, 6.07) is 0. The Kier molecular flexibility index (Phi) is 2.66. The van der Waals surface area contributed by atoms with Crippen molar-refractivity contribution < 1.29 is 16.8 Å². The second-order valence-electron chi connectivity index (χ2n) is 3.66. The number of H-pyrrole nitrogens is 1. The first-order chi connectivity index (χ1) is 7.39. The molecule has 1 aromatic heterocycles. The standard InChI is InChI=1S/C7H11N3O4S2/c11-15(12)2-1-7(5-15)16(13,14)10-6-3-8-9-4-6/h3-4,7,10H,1-2,5H2,(H,8,9). The minimum Gasteiger partial charge on any atom is -0.284 e. The largest absolute Gasteiger partial charge is 0.284 e. The van der Waals surface area contributed by atoms with Gasteiger partial charge in [-0.1, -0.05) is 0 Å². The van der Waals surface area contributed by atoms with Gasteiger partial charge in [0.15, 0.2) is 9.84 Å². The van der Waals surface area contributed by atoms with Gasteiger partial charge in [0.2, 0.25) is 10.0 Å². The van der Waals surface area contributed by atoms with Crippen molar-refractivity contribution in [2.75, 3.05) is 16.2 Å². The predicted molar refractivity (Wildman–Crippen MR) is 58.2 cm³/mol. The van der Waals surface area contributed by atoms with Crippen LogP contribution in [0.2, 0.25) is 0 Å². The van der Waals surface area contributed by atoms with Crippen molar-refractivity contribution in [3.63, 3.8) is 0 Å². The van der Waals surface area contributed by atoms with Gasteiger partial charge in [0, 0.05) is 6.20 Å². The fraction of sp³-hybridized carbons (Fsp3) is 0.571. The highest BCUT2D eigenvalue weighted by atomic mass is 32.2. The van der Waals surface area contributed by atoms with Gasteiger partial charge >= 0.3 is 0 Å². The number of hydrogen-bond donors (Lipinski definition) is 2. The van der Waals surface area contributed by atoms with E-state index in [1.54, 1.807) is 0 Å². The molecule has 0 aromatic carbocycles. The lowest BCUT2D eigenvalue weighted by Gasteiger charge is -2.10. The van der Waals surface area contributed by atoms with Crippen LogP contribution in [-0.4, -0.2) is 43.8 Å². The maximum atomic E-state index is 11.8. The number of nitrogens with one attached hydrogen (secondary N) is 2. The average molecular weight is 265 g/mol. The van der Waals surface area contributed by atoms with Crippen LogP contribution >= 0.6 is 0 Å². The van der Waals surface area contributed by atoms with E-state index in [0.29, 0.717) is 5.69 Å². The van der Waals surface area contributed by atoms with Gasteiger partial charge < -0.3 is 0 Å². The number of sulfone groups is 1. The van der Waals surface area contributed by atoms with Gasteiger partial charge in [-0.2, -0.15) is 5.10 Å². The Balaban J connectivity index is 2.15. The molecule has 1 fully saturated rings. The third-order valence-corrected chi connectivity index (χ3v) is 6.17. The summed E-state index contributed by atoms with van der Waals surface area (Å²) in [6.45, 7) is 0. The molecule has 0 spiro atoms. The fourth-order valence-corrected chi connectivity index (χ4v) is 5.63. The maximum absolute atomic E-state index is 11.8. The normalized spacial score (nSPS) is 24.4. The van der Waals surface area contributed by atoms with Crippen LogP contribution in [0.25, 0.3) is 0 Å². The van der Waals surface area contributed by atoms with Crippen LogP contribution in [0, 0.1) is 0 Å². The molecule has 9 heteroatoms. The molecule has 1 atom stereocenters. The van der Waals surface area contributed by atoms with Gasteiger partial charge in [-0.25, -0.2) is 16.8 Å². The van der Waals surface area contributed by atoms with E-state index >= 15 is 0 Å². The van der Waals surface area contributed by atoms with Crippen molar-refractivity contribution in [2.45, 2.75) is 11.7 Å². The summed E-state index contributed by atoms with van der Waals surface area (Å²) in [5.41, 5.74) is 0.310. The molecule has 0 radical (unpaired) electrons. The van der Waals surface area contributed by atoms with Crippen molar-refractivity contribution in [3.8, 4) is 0 Å². The first-order valence-electron chi connectivity index (χ1n) is 4.60. The lowest BCUT2D eigenvalue weighted by atomic mass is 10.4. The summed E-state index contributed by atoms with van der Waals surface area (Å²) in [6.07, 6.45) is 2.86. The zero-order chi connectivity index (χ0) is 11.8. The van der Waals surface area contributed by atoms with Gasteiger partial charge in [0.05, 0.1) is 28.6 Å². The van der Waals surface area contributed by atoms with Crippen LogP contribution in [0.1, 0.15) is 6.42 Å². The quantitative estimate of drug-likeness (QED) is 0.754. The molecule has 1 aromatic rings. The molecule has 1 aliphatic rings. The van der Waals surface area contributed by atoms with E-state index in [1.807, 2.05) is 0 Å². The van der Waals surface area contributed by atoms with Gasteiger partial charge in [-0.05, 0) is 6.42 Å². The van der Waals surface area contributed by atoms with Gasteiger partial charge in [0.1, 0.15) is 0 Å². The molecule has 0 saturated carbocycles. The van der Waals surface area contributed by atoms with E-state index in [-0.39, 0.29) is 17.9 Å². The van der Waals surface area contributed by atoms with Crippen LogP contribution in [0.4, 0.5) is 5.69 Å². The molecule has 2 heterocycles. The molecule has 7 nitrogen and oxygen atoms in total. The van der Waals surface area contributed by atoms with E-state index in [0.717, 1.165) is 0 Å². The highest BCUT2D eigenvalue weighted by molar-refractivity contribution is 7.97. The molecule has 0 aliphatic carbocycles. The number of sulfonamides is 1. The van der Waals surface area contributed by atoms with Crippen LogP contribution in [0.15, 0.2) is 12.4 Å². The average Bonchev–Trinajstić information content (AvgIpc) is 2.74. The topological polar surface area (TPSA) is 109 Å². The van der Waals surface area contributed by atoms with E-state index < -0.39 is 25.1 Å². The molecule has 1 aliphatic heterocycles. The predicted octanol–water partition coefficient (Wildman–Crippen LogP) is -0.662. The van der Waals surface area contributed by atoms with Crippen LogP contribution < -0.4 is 4.72 Å². The zero-order valence-corrected chi connectivity index (χ0v) is 9.88. The van der Waals surface area contributed by atoms with Crippen LogP contribution in [0.5, 0.6) is 0 Å². The number of hydrogen-bond acceptors (Lipinski definition) is 5. The summed E-state index contributed by atoms with van der Waals surface area (Å²) < 4.78 is 48.2. The summed E-state index contributed by atoms with van der Waals surface area (Å²) in [4.78, 5) is 0. The van der Waals surface area contributed by atoms with Crippen molar-refractivity contribution in [1.29, 1.82) is 0 Å². The minimum atomic E-state index is -3.64. The number of nitrogens with zero attached hydrogens (tertiary/aromatic N) is 1. The molecular formula is C7H11N3O4S2. The molecule has 16 heavy (non-hydrogen) atoms. The third kappa shape index (κ3) is 2.35. The van der Waals surface area contributed by atoms with Crippen LogP contribution in [0.3, 0.4) is 0 Å². The monoisotopic (exact) mass is 265 g/mol. The second kappa shape index (κ2) is 3.74. The summed E-state index contributed by atoms with van der Waals surface area (Å²) in [7, 11) is -6.84. The molecule has 0 amide bonds. The minimum absolute atomic E-state index is 0.0655. The SMILES string of the molecule is O=S1(=O)CCC(S(=O)(=O)Nc2cn[nH]c2)C1. The molecule has 90 valence electrons. The van der Waals surface area contributed by atoms with Gasteiger partial charge in [-0.15, -0.1) is 0 Å².